The first-order valence-electron chi connectivity index (χ1n) is 7.95. The van der Waals surface area contributed by atoms with Crippen LogP contribution in [0.2, 0.25) is 0 Å². The highest BCUT2D eigenvalue weighted by Gasteiger charge is 2.48. The van der Waals surface area contributed by atoms with E-state index in [0.717, 1.165) is 4.90 Å². The Balaban J connectivity index is 2.27. The van der Waals surface area contributed by atoms with Gasteiger partial charge in [0.15, 0.2) is 0 Å². The maximum absolute atomic E-state index is 13.3. The highest BCUT2D eigenvalue weighted by atomic mass is 19.4. The minimum absolute atomic E-state index is 0.162. The van der Waals surface area contributed by atoms with Gasteiger partial charge >= 0.3 is 6.18 Å². The third-order valence-corrected chi connectivity index (χ3v) is 4.08. The first-order valence-corrected chi connectivity index (χ1v) is 7.95. The van der Waals surface area contributed by atoms with Crippen molar-refractivity contribution in [2.24, 2.45) is 0 Å². The van der Waals surface area contributed by atoms with Crippen LogP contribution >= 0.6 is 0 Å². The van der Waals surface area contributed by atoms with E-state index in [2.05, 4.69) is 5.32 Å². The summed E-state index contributed by atoms with van der Waals surface area (Å²) in [5.74, 6) is -0.637. The van der Waals surface area contributed by atoms with E-state index in [1.165, 1.54) is 19.3 Å². The summed E-state index contributed by atoms with van der Waals surface area (Å²) < 4.78 is 45.2. The molecule has 0 bridgehead atoms. The lowest BCUT2D eigenvalue weighted by molar-refractivity contribution is -0.184. The number of nitrogens with zero attached hydrogens (tertiary/aromatic N) is 1. The Morgan fingerprint density at radius 1 is 1.38 bits per heavy atom. The van der Waals surface area contributed by atoms with Crippen LogP contribution in [0.5, 0.6) is 0 Å². The molecule has 1 aromatic rings. The summed E-state index contributed by atoms with van der Waals surface area (Å²) in [6, 6.07) is -0.922. The van der Waals surface area contributed by atoms with Gasteiger partial charge in [0.1, 0.15) is 11.8 Å². The van der Waals surface area contributed by atoms with Crippen molar-refractivity contribution in [3.63, 3.8) is 0 Å². The molecular formula is C16H21F3N2O3. The molecular weight excluding hydrogens is 325 g/mol. The van der Waals surface area contributed by atoms with Gasteiger partial charge in [-0.15, -0.1) is 0 Å². The average molecular weight is 346 g/mol. The molecule has 0 aromatic carbocycles. The van der Waals surface area contributed by atoms with Gasteiger partial charge in [-0.3, -0.25) is 9.59 Å². The zero-order chi connectivity index (χ0) is 17.9. The predicted octanol–water partition coefficient (Wildman–Crippen LogP) is 2.90. The van der Waals surface area contributed by atoms with E-state index in [1.807, 2.05) is 6.92 Å². The van der Waals surface area contributed by atoms with E-state index in [0.29, 0.717) is 18.6 Å². The van der Waals surface area contributed by atoms with E-state index in [9.17, 15) is 22.8 Å². The largest absolute Gasteiger partial charge is 0.469 e. The van der Waals surface area contributed by atoms with Crippen molar-refractivity contribution >= 4 is 11.8 Å². The van der Waals surface area contributed by atoms with Crippen molar-refractivity contribution in [2.45, 2.75) is 57.8 Å². The van der Waals surface area contributed by atoms with Gasteiger partial charge in [-0.05, 0) is 25.3 Å². The Morgan fingerprint density at radius 2 is 2.08 bits per heavy atom. The molecule has 1 aromatic heterocycles. The van der Waals surface area contributed by atoms with Gasteiger partial charge in [0, 0.05) is 25.9 Å². The van der Waals surface area contributed by atoms with Crippen molar-refractivity contribution in [3.05, 3.63) is 23.7 Å². The first kappa shape index (κ1) is 18.4. The summed E-state index contributed by atoms with van der Waals surface area (Å²) in [4.78, 5) is 24.7. The van der Waals surface area contributed by atoms with Crippen molar-refractivity contribution < 1.29 is 27.2 Å². The molecule has 0 saturated carbocycles. The molecule has 1 fully saturated rings. The number of rotatable bonds is 4. The van der Waals surface area contributed by atoms with Crippen molar-refractivity contribution in [2.75, 3.05) is 6.54 Å². The van der Waals surface area contributed by atoms with Crippen LogP contribution in [0.25, 0.3) is 0 Å². The number of amides is 2. The molecule has 2 amide bonds. The van der Waals surface area contributed by atoms with E-state index >= 15 is 0 Å². The fourth-order valence-corrected chi connectivity index (χ4v) is 3.05. The minimum atomic E-state index is -4.51. The molecule has 0 aliphatic carbocycles. The Labute approximate surface area is 138 Å². The summed E-state index contributed by atoms with van der Waals surface area (Å²) in [5.41, 5.74) is 0.162. The third-order valence-electron chi connectivity index (χ3n) is 4.08. The standard InChI is InChI=1S/C16H21F3N2O3/c1-3-4-13-12(7-8-24-13)15(23)21-9-11(20-10(2)22)5-6-14(21)16(17,18)19/h7-8,11,14H,3-6,9H2,1-2H3,(H,20,22)/t11-,14+/m0/s1. The molecule has 1 aliphatic rings. The highest BCUT2D eigenvalue weighted by Crippen LogP contribution is 2.33. The number of carbonyl (C=O) groups excluding carboxylic acids is 2. The van der Waals surface area contributed by atoms with Crippen LogP contribution in [0.1, 0.15) is 49.2 Å². The smallest absolute Gasteiger partial charge is 0.408 e. The molecule has 0 spiro atoms. The highest BCUT2D eigenvalue weighted by molar-refractivity contribution is 5.95. The number of aryl methyl sites for hydroxylation is 1. The number of furan rings is 1. The van der Waals surface area contributed by atoms with E-state index < -0.39 is 24.2 Å². The number of nitrogens with one attached hydrogen (secondary N) is 1. The number of halogens is 3. The molecule has 0 radical (unpaired) electrons. The fourth-order valence-electron chi connectivity index (χ4n) is 3.05. The molecule has 24 heavy (non-hydrogen) atoms. The molecule has 0 unspecified atom stereocenters. The van der Waals surface area contributed by atoms with Crippen LogP contribution in [0.15, 0.2) is 16.7 Å². The minimum Gasteiger partial charge on any atom is -0.469 e. The van der Waals surface area contributed by atoms with Gasteiger partial charge in [0.05, 0.1) is 11.8 Å². The number of carbonyl (C=O) groups is 2. The van der Waals surface area contributed by atoms with Gasteiger partial charge in [0.2, 0.25) is 5.91 Å². The van der Waals surface area contributed by atoms with Crippen LogP contribution in [-0.2, 0) is 11.2 Å². The Bertz CT molecular complexity index is 598. The number of hydrogen-bond acceptors (Lipinski definition) is 3. The zero-order valence-corrected chi connectivity index (χ0v) is 13.7. The monoisotopic (exact) mass is 346 g/mol. The van der Waals surface area contributed by atoms with Gasteiger partial charge in [-0.25, -0.2) is 0 Å². The molecule has 2 atom stereocenters. The van der Waals surface area contributed by atoms with Crippen LogP contribution in [-0.4, -0.2) is 41.5 Å². The van der Waals surface area contributed by atoms with Crippen molar-refractivity contribution in [1.29, 1.82) is 0 Å². The number of hydrogen-bond donors (Lipinski definition) is 1. The van der Waals surface area contributed by atoms with Crippen molar-refractivity contribution in [3.8, 4) is 0 Å². The Morgan fingerprint density at radius 3 is 2.67 bits per heavy atom. The summed E-state index contributed by atoms with van der Waals surface area (Å²) >= 11 is 0. The molecule has 2 rings (SSSR count). The first-order chi connectivity index (χ1) is 11.2. The topological polar surface area (TPSA) is 62.6 Å². The maximum Gasteiger partial charge on any atom is 0.408 e. The lowest BCUT2D eigenvalue weighted by Crippen LogP contribution is -2.58. The molecule has 2 heterocycles. The summed E-state index contributed by atoms with van der Waals surface area (Å²) in [6.07, 6.45) is -2.05. The van der Waals surface area contributed by atoms with Gasteiger partial charge in [-0.2, -0.15) is 13.2 Å². The van der Waals surface area contributed by atoms with Gasteiger partial charge in [-0.1, -0.05) is 6.92 Å². The van der Waals surface area contributed by atoms with Crippen molar-refractivity contribution in [1.82, 2.24) is 10.2 Å². The number of alkyl halides is 3. The predicted molar refractivity (Wildman–Crippen MR) is 80.4 cm³/mol. The van der Waals surface area contributed by atoms with E-state index in [1.54, 1.807) is 0 Å². The summed E-state index contributed by atoms with van der Waals surface area (Å²) in [7, 11) is 0. The number of piperidine rings is 1. The van der Waals surface area contributed by atoms with Crippen LogP contribution < -0.4 is 5.32 Å². The summed E-state index contributed by atoms with van der Waals surface area (Å²) in [5, 5.41) is 2.60. The van der Waals surface area contributed by atoms with Crippen LogP contribution in [0.3, 0.4) is 0 Å². The fraction of sp³-hybridized carbons (Fsp3) is 0.625. The second kappa shape index (κ2) is 7.27. The lowest BCUT2D eigenvalue weighted by Gasteiger charge is -2.40. The third kappa shape index (κ3) is 4.10. The normalized spacial score (nSPS) is 21.6. The second-order valence-electron chi connectivity index (χ2n) is 6.00. The average Bonchev–Trinajstić information content (AvgIpc) is 2.93. The Kier molecular flexibility index (Phi) is 5.56. The van der Waals surface area contributed by atoms with E-state index in [4.69, 9.17) is 4.42 Å². The quantitative estimate of drug-likeness (QED) is 0.912. The van der Waals surface area contributed by atoms with Gasteiger partial charge < -0.3 is 14.6 Å². The number of likely N-dealkylation sites (tertiary alicyclic amines) is 1. The second-order valence-corrected chi connectivity index (χ2v) is 6.00. The molecule has 1 N–H and O–H groups in total. The molecule has 134 valence electrons. The molecule has 5 nitrogen and oxygen atoms in total. The summed E-state index contributed by atoms with van der Waals surface area (Å²) in [6.45, 7) is 3.03. The molecule has 1 saturated heterocycles. The Hall–Kier alpha value is -1.99. The molecule has 8 heteroatoms. The maximum atomic E-state index is 13.3. The lowest BCUT2D eigenvalue weighted by atomic mass is 9.96. The van der Waals surface area contributed by atoms with Gasteiger partial charge in [0.25, 0.3) is 5.91 Å². The van der Waals surface area contributed by atoms with Crippen LogP contribution in [0.4, 0.5) is 13.2 Å². The molecule has 1 aliphatic heterocycles. The van der Waals surface area contributed by atoms with Crippen LogP contribution in [0, 0.1) is 0 Å². The SMILES string of the molecule is CCCc1occc1C(=O)N1C[C@@H](NC(C)=O)CC[C@@H]1C(F)(F)F. The van der Waals surface area contributed by atoms with E-state index in [-0.39, 0.29) is 30.9 Å². The zero-order valence-electron chi connectivity index (χ0n) is 13.7.